The summed E-state index contributed by atoms with van der Waals surface area (Å²) in [5.74, 6) is -0.834. The van der Waals surface area contributed by atoms with Gasteiger partial charge >= 0.3 is 5.97 Å². The van der Waals surface area contributed by atoms with E-state index in [1.165, 1.54) is 6.07 Å². The van der Waals surface area contributed by atoms with E-state index >= 15 is 0 Å². The van der Waals surface area contributed by atoms with Crippen LogP contribution >= 0.6 is 12.6 Å². The average molecular weight is 198 g/mol. The lowest BCUT2D eigenvalue weighted by atomic mass is 10.1. The number of carbonyl (C=O) groups is 1. The zero-order valence-corrected chi connectivity index (χ0v) is 8.01. The van der Waals surface area contributed by atoms with Gasteiger partial charge < -0.3 is 10.2 Å². The number of thiol groups is 1. The second kappa shape index (κ2) is 3.70. The Labute approximate surface area is 81.4 Å². The first-order chi connectivity index (χ1) is 6.00. The number of benzene rings is 1. The summed E-state index contributed by atoms with van der Waals surface area (Å²) in [6.45, 7) is 1.72. The molecule has 0 heterocycles. The second-order valence-corrected chi connectivity index (χ2v) is 3.31. The van der Waals surface area contributed by atoms with Crippen LogP contribution < -0.4 is 0 Å². The first-order valence-electron chi connectivity index (χ1n) is 3.74. The zero-order chi connectivity index (χ0) is 10.0. The van der Waals surface area contributed by atoms with Crippen molar-refractivity contribution in [3.8, 4) is 5.75 Å². The summed E-state index contributed by atoms with van der Waals surface area (Å²) in [5.41, 5.74) is 1.22. The predicted molar refractivity (Wildman–Crippen MR) is 51.4 cm³/mol. The second-order valence-electron chi connectivity index (χ2n) is 2.83. The van der Waals surface area contributed by atoms with E-state index in [0.29, 0.717) is 16.0 Å². The summed E-state index contributed by atoms with van der Waals surface area (Å²) >= 11 is 4.11. The minimum atomic E-state index is -0.920. The maximum absolute atomic E-state index is 10.4. The SMILES string of the molecule is Cc1c(O)cc(CC(=O)O)cc1S. The number of carboxylic acids is 1. The third-order valence-corrected chi connectivity index (χ3v) is 2.23. The third kappa shape index (κ3) is 2.39. The van der Waals surface area contributed by atoms with Gasteiger partial charge in [-0.15, -0.1) is 12.6 Å². The normalized spacial score (nSPS) is 10.0. The van der Waals surface area contributed by atoms with E-state index in [-0.39, 0.29) is 12.2 Å². The van der Waals surface area contributed by atoms with E-state index in [1.807, 2.05) is 0 Å². The molecule has 4 heteroatoms. The largest absolute Gasteiger partial charge is 0.508 e. The third-order valence-electron chi connectivity index (χ3n) is 1.77. The fraction of sp³-hybridized carbons (Fsp3) is 0.222. The van der Waals surface area contributed by atoms with Gasteiger partial charge in [-0.2, -0.15) is 0 Å². The minimum absolute atomic E-state index is 0.0868. The van der Waals surface area contributed by atoms with Crippen molar-refractivity contribution < 1.29 is 15.0 Å². The highest BCUT2D eigenvalue weighted by molar-refractivity contribution is 7.80. The molecule has 1 aromatic carbocycles. The fourth-order valence-electron chi connectivity index (χ4n) is 1.02. The van der Waals surface area contributed by atoms with Crippen molar-refractivity contribution in [2.45, 2.75) is 18.2 Å². The van der Waals surface area contributed by atoms with Gasteiger partial charge in [0.2, 0.25) is 0 Å². The molecule has 0 aliphatic rings. The highest BCUT2D eigenvalue weighted by atomic mass is 32.1. The summed E-state index contributed by atoms with van der Waals surface area (Å²) in [6.07, 6.45) is -0.0958. The zero-order valence-electron chi connectivity index (χ0n) is 7.11. The molecule has 0 atom stereocenters. The van der Waals surface area contributed by atoms with Gasteiger partial charge in [-0.3, -0.25) is 4.79 Å². The molecule has 0 spiro atoms. The van der Waals surface area contributed by atoms with Crippen LogP contribution in [0.25, 0.3) is 0 Å². The molecule has 0 saturated heterocycles. The van der Waals surface area contributed by atoms with Crippen LogP contribution in [0.4, 0.5) is 0 Å². The standard InChI is InChI=1S/C9H10O3S/c1-5-7(10)2-6(3-8(5)13)4-9(11)12/h2-3,10,13H,4H2,1H3,(H,11,12). The molecule has 0 saturated carbocycles. The van der Waals surface area contributed by atoms with Crippen LogP contribution in [0.1, 0.15) is 11.1 Å². The van der Waals surface area contributed by atoms with Gasteiger partial charge in [0.15, 0.2) is 0 Å². The highest BCUT2D eigenvalue weighted by Crippen LogP contribution is 2.25. The lowest BCUT2D eigenvalue weighted by molar-refractivity contribution is -0.136. The molecule has 3 nitrogen and oxygen atoms in total. The first kappa shape index (κ1) is 9.92. The van der Waals surface area contributed by atoms with Crippen molar-refractivity contribution in [1.29, 1.82) is 0 Å². The summed E-state index contributed by atoms with van der Waals surface area (Å²) < 4.78 is 0. The number of hydrogen-bond donors (Lipinski definition) is 3. The maximum atomic E-state index is 10.4. The lowest BCUT2D eigenvalue weighted by Gasteiger charge is -2.05. The lowest BCUT2D eigenvalue weighted by Crippen LogP contribution is -2.00. The van der Waals surface area contributed by atoms with E-state index in [9.17, 15) is 9.90 Å². The van der Waals surface area contributed by atoms with Crippen LogP contribution in [0, 0.1) is 6.92 Å². The molecule has 0 aliphatic heterocycles. The number of phenolic OH excluding ortho intramolecular Hbond substituents is 1. The van der Waals surface area contributed by atoms with Crippen LogP contribution in [0.3, 0.4) is 0 Å². The van der Waals surface area contributed by atoms with Crippen molar-refractivity contribution in [2.24, 2.45) is 0 Å². The Balaban J connectivity index is 3.06. The summed E-state index contributed by atoms with van der Waals surface area (Å²) in [5, 5.41) is 17.9. The number of hydrogen-bond acceptors (Lipinski definition) is 3. The maximum Gasteiger partial charge on any atom is 0.307 e. The summed E-state index contributed by atoms with van der Waals surface area (Å²) in [4.78, 5) is 11.0. The van der Waals surface area contributed by atoms with E-state index in [0.717, 1.165) is 0 Å². The number of carboxylic acid groups (broad SMARTS) is 1. The van der Waals surface area contributed by atoms with Gasteiger partial charge in [-0.1, -0.05) is 0 Å². The van der Waals surface area contributed by atoms with Gasteiger partial charge in [0, 0.05) is 10.5 Å². The molecule has 0 aliphatic carbocycles. The number of phenols is 1. The molecule has 0 radical (unpaired) electrons. The Hall–Kier alpha value is -1.16. The van der Waals surface area contributed by atoms with E-state index < -0.39 is 5.97 Å². The Morgan fingerprint density at radius 1 is 1.54 bits per heavy atom. The molecule has 70 valence electrons. The summed E-state index contributed by atoms with van der Waals surface area (Å²) in [7, 11) is 0. The molecular weight excluding hydrogens is 188 g/mol. The van der Waals surface area contributed by atoms with Crippen LogP contribution in [0.2, 0.25) is 0 Å². The minimum Gasteiger partial charge on any atom is -0.508 e. The molecule has 0 aromatic heterocycles. The van der Waals surface area contributed by atoms with Gasteiger partial charge in [0.1, 0.15) is 5.75 Å². The van der Waals surface area contributed by atoms with Gasteiger partial charge in [-0.05, 0) is 24.6 Å². The average Bonchev–Trinajstić information content (AvgIpc) is 1.98. The molecule has 2 N–H and O–H groups in total. The van der Waals surface area contributed by atoms with Crippen molar-refractivity contribution in [1.82, 2.24) is 0 Å². The van der Waals surface area contributed by atoms with Crippen LogP contribution in [-0.2, 0) is 11.2 Å². The quantitative estimate of drug-likeness (QED) is 0.633. The Morgan fingerprint density at radius 3 is 2.62 bits per heavy atom. The molecule has 0 amide bonds. The predicted octanol–water partition coefficient (Wildman–Crippen LogP) is 1.62. The molecule has 13 heavy (non-hydrogen) atoms. The molecule has 0 bridgehead atoms. The monoisotopic (exact) mass is 198 g/mol. The van der Waals surface area contributed by atoms with Crippen molar-refractivity contribution in [3.63, 3.8) is 0 Å². The van der Waals surface area contributed by atoms with E-state index in [1.54, 1.807) is 13.0 Å². The fourth-order valence-corrected chi connectivity index (χ4v) is 1.30. The Kier molecular flexibility index (Phi) is 2.83. The van der Waals surface area contributed by atoms with Gasteiger partial charge in [0.25, 0.3) is 0 Å². The van der Waals surface area contributed by atoms with E-state index in [4.69, 9.17) is 5.11 Å². The van der Waals surface area contributed by atoms with Crippen molar-refractivity contribution in [3.05, 3.63) is 23.3 Å². The summed E-state index contributed by atoms with van der Waals surface area (Å²) in [6, 6.07) is 3.09. The van der Waals surface area contributed by atoms with Crippen LogP contribution in [-0.4, -0.2) is 16.2 Å². The molecular formula is C9H10O3S. The van der Waals surface area contributed by atoms with Crippen LogP contribution in [0.15, 0.2) is 17.0 Å². The van der Waals surface area contributed by atoms with Crippen molar-refractivity contribution >= 4 is 18.6 Å². The molecule has 0 fully saturated rings. The highest BCUT2D eigenvalue weighted by Gasteiger charge is 2.06. The van der Waals surface area contributed by atoms with Crippen LogP contribution in [0.5, 0.6) is 5.75 Å². The number of aliphatic carboxylic acids is 1. The topological polar surface area (TPSA) is 57.5 Å². The Bertz CT molecular complexity index is 324. The Morgan fingerprint density at radius 2 is 2.15 bits per heavy atom. The van der Waals surface area contributed by atoms with Gasteiger partial charge in [0.05, 0.1) is 6.42 Å². The molecule has 0 unspecified atom stereocenters. The number of aromatic hydroxyl groups is 1. The first-order valence-corrected chi connectivity index (χ1v) is 4.18. The smallest absolute Gasteiger partial charge is 0.307 e. The van der Waals surface area contributed by atoms with Crippen molar-refractivity contribution in [2.75, 3.05) is 0 Å². The van der Waals surface area contributed by atoms with E-state index in [2.05, 4.69) is 12.6 Å². The number of rotatable bonds is 2. The molecule has 1 aromatic rings. The molecule has 1 rings (SSSR count). The van der Waals surface area contributed by atoms with Gasteiger partial charge in [-0.25, -0.2) is 0 Å².